The summed E-state index contributed by atoms with van der Waals surface area (Å²) >= 11 is 7.02. The Labute approximate surface area is 214 Å². The number of sulfonamides is 1. The minimum absolute atomic E-state index is 0.127. The molecule has 0 saturated heterocycles. The molecular weight excluding hydrogens is 500 g/mol. The molecule has 0 fully saturated rings. The van der Waals surface area contributed by atoms with Gasteiger partial charge in [0.15, 0.2) is 0 Å². The number of rotatable bonds is 7. The largest absolute Gasteiger partial charge is 0.308 e. The van der Waals surface area contributed by atoms with Crippen LogP contribution in [0.15, 0.2) is 70.4 Å². The lowest BCUT2D eigenvalue weighted by Crippen LogP contribution is -2.28. The van der Waals surface area contributed by atoms with E-state index >= 15 is 0 Å². The zero-order valence-corrected chi connectivity index (χ0v) is 21.8. The van der Waals surface area contributed by atoms with E-state index in [9.17, 15) is 13.2 Å². The lowest BCUT2D eigenvalue weighted by atomic mass is 9.89. The first-order valence-electron chi connectivity index (χ1n) is 11.9. The van der Waals surface area contributed by atoms with Gasteiger partial charge in [0.1, 0.15) is 0 Å². The van der Waals surface area contributed by atoms with Crippen LogP contribution in [0.1, 0.15) is 54.5 Å². The van der Waals surface area contributed by atoms with Crippen LogP contribution in [0.5, 0.6) is 0 Å². The van der Waals surface area contributed by atoms with Crippen molar-refractivity contribution in [1.82, 2.24) is 9.29 Å². The summed E-state index contributed by atoms with van der Waals surface area (Å²) in [7, 11) is -3.77. The second-order valence-electron chi connectivity index (χ2n) is 9.03. The highest BCUT2D eigenvalue weighted by Gasteiger charge is 2.23. The van der Waals surface area contributed by atoms with Crippen molar-refractivity contribution in [3.05, 3.63) is 97.6 Å². The number of aryl methyl sites for hydroxylation is 2. The summed E-state index contributed by atoms with van der Waals surface area (Å²) in [6.45, 7) is 2.38. The van der Waals surface area contributed by atoms with Gasteiger partial charge in [-0.1, -0.05) is 60.2 Å². The highest BCUT2D eigenvalue weighted by atomic mass is 35.5. The Morgan fingerprint density at radius 2 is 1.74 bits per heavy atom. The molecule has 0 bridgehead atoms. The first-order chi connectivity index (χ1) is 16.8. The summed E-state index contributed by atoms with van der Waals surface area (Å²) in [4.78, 5) is 12.7. The summed E-state index contributed by atoms with van der Waals surface area (Å²) in [5.74, 6) is 0. The Morgan fingerprint density at radius 3 is 2.49 bits per heavy atom. The smallest absolute Gasteiger partial charge is 0.294 e. The first kappa shape index (κ1) is 24.3. The van der Waals surface area contributed by atoms with E-state index in [0.29, 0.717) is 22.7 Å². The number of nitrogens with one attached hydrogen (secondary N) is 1. The van der Waals surface area contributed by atoms with Crippen molar-refractivity contribution in [2.45, 2.75) is 56.5 Å². The van der Waals surface area contributed by atoms with Crippen LogP contribution in [0.4, 0.5) is 0 Å². The number of fused-ring (bicyclic) bond motifs is 2. The molecule has 5 rings (SSSR count). The highest BCUT2D eigenvalue weighted by molar-refractivity contribution is 7.89. The molecule has 8 heteroatoms. The molecule has 35 heavy (non-hydrogen) atoms. The molecule has 1 aliphatic rings. The van der Waals surface area contributed by atoms with E-state index in [0.717, 1.165) is 40.8 Å². The average molecular weight is 527 g/mol. The summed E-state index contributed by atoms with van der Waals surface area (Å²) in [5.41, 5.74) is 5.37. The molecule has 1 heterocycles. The van der Waals surface area contributed by atoms with Gasteiger partial charge in [0.25, 0.3) is 0 Å². The Hall–Kier alpha value is -2.45. The zero-order chi connectivity index (χ0) is 24.6. The van der Waals surface area contributed by atoms with Gasteiger partial charge in [-0.15, -0.1) is 0 Å². The van der Waals surface area contributed by atoms with Gasteiger partial charge < -0.3 is 0 Å². The lowest BCUT2D eigenvalue weighted by molar-refractivity contribution is 0.549. The standard InChI is InChI=1S/C27H27ClN2O3S2/c1-2-24(21-10-9-19-5-3-4-6-20(19)15-21)29-35(32,33)23-13-14-25-26(16-23)34-27(31)30(25)17-18-7-11-22(28)12-8-18/h7-16,24,29H,2-6,17H2,1H3/t24-/m0/s1. The minimum atomic E-state index is -3.77. The summed E-state index contributed by atoms with van der Waals surface area (Å²) in [6, 6.07) is 18.3. The van der Waals surface area contributed by atoms with Crippen molar-refractivity contribution < 1.29 is 8.42 Å². The molecule has 182 valence electrons. The molecule has 1 aromatic heterocycles. The third-order valence-electron chi connectivity index (χ3n) is 6.68. The van der Waals surface area contributed by atoms with Crippen LogP contribution >= 0.6 is 22.9 Å². The number of nitrogens with zero attached hydrogens (tertiary/aromatic N) is 1. The van der Waals surface area contributed by atoms with Crippen LogP contribution in [0.3, 0.4) is 0 Å². The monoisotopic (exact) mass is 526 g/mol. The van der Waals surface area contributed by atoms with Crippen LogP contribution < -0.4 is 9.60 Å². The van der Waals surface area contributed by atoms with Crippen molar-refractivity contribution in [2.24, 2.45) is 0 Å². The maximum Gasteiger partial charge on any atom is 0.308 e. The van der Waals surface area contributed by atoms with Crippen molar-refractivity contribution in [3.8, 4) is 0 Å². The van der Waals surface area contributed by atoms with Gasteiger partial charge in [-0.2, -0.15) is 0 Å². The lowest BCUT2D eigenvalue weighted by Gasteiger charge is -2.21. The Morgan fingerprint density at radius 1 is 1.00 bits per heavy atom. The third kappa shape index (κ3) is 5.09. The van der Waals surface area contributed by atoms with Crippen LogP contribution in [-0.4, -0.2) is 13.0 Å². The molecular formula is C27H27ClN2O3S2. The Balaban J connectivity index is 1.41. The van der Waals surface area contributed by atoms with E-state index < -0.39 is 10.0 Å². The molecule has 1 aliphatic carbocycles. The second-order valence-corrected chi connectivity index (χ2v) is 12.2. The Kier molecular flexibility index (Phi) is 6.86. The molecule has 5 nitrogen and oxygen atoms in total. The maximum absolute atomic E-state index is 13.3. The molecule has 1 N–H and O–H groups in total. The molecule has 0 aliphatic heterocycles. The quantitative estimate of drug-likeness (QED) is 0.317. The highest BCUT2D eigenvalue weighted by Crippen LogP contribution is 2.28. The van der Waals surface area contributed by atoms with Crippen LogP contribution in [0, 0.1) is 0 Å². The number of hydrogen-bond donors (Lipinski definition) is 1. The number of thiazole rings is 1. The van der Waals surface area contributed by atoms with Crippen LogP contribution in [-0.2, 0) is 29.4 Å². The van der Waals surface area contributed by atoms with Crippen molar-refractivity contribution >= 4 is 43.2 Å². The van der Waals surface area contributed by atoms with E-state index in [1.165, 1.54) is 24.0 Å². The first-order valence-corrected chi connectivity index (χ1v) is 14.5. The fourth-order valence-corrected chi connectivity index (χ4v) is 7.21. The van der Waals surface area contributed by atoms with Crippen LogP contribution in [0.25, 0.3) is 10.2 Å². The molecule has 0 radical (unpaired) electrons. The van der Waals surface area contributed by atoms with Gasteiger partial charge in [0, 0.05) is 11.1 Å². The number of benzene rings is 3. The van der Waals surface area contributed by atoms with Gasteiger partial charge in [-0.3, -0.25) is 9.36 Å². The van der Waals surface area contributed by atoms with E-state index in [1.807, 2.05) is 25.1 Å². The SMILES string of the molecule is CC[C@H](NS(=O)(=O)c1ccc2c(c1)sc(=O)n2Cc1ccc(Cl)cc1)c1ccc2c(c1)CCCC2. The summed E-state index contributed by atoms with van der Waals surface area (Å²) in [5, 5.41) is 0.638. The third-order valence-corrected chi connectivity index (χ3v) is 9.35. The molecule has 0 unspecified atom stereocenters. The predicted octanol–water partition coefficient (Wildman–Crippen LogP) is 6.07. The van der Waals surface area contributed by atoms with Gasteiger partial charge in [-0.25, -0.2) is 13.1 Å². The summed E-state index contributed by atoms with van der Waals surface area (Å²) < 4.78 is 31.8. The van der Waals surface area contributed by atoms with E-state index in [1.54, 1.807) is 34.9 Å². The molecule has 0 saturated carbocycles. The predicted molar refractivity (Wildman–Crippen MR) is 143 cm³/mol. The number of halogens is 1. The average Bonchev–Trinajstić information content (AvgIpc) is 3.17. The fraction of sp³-hybridized carbons (Fsp3) is 0.296. The van der Waals surface area contributed by atoms with Crippen molar-refractivity contribution in [1.29, 1.82) is 0 Å². The number of aromatic nitrogens is 1. The van der Waals surface area contributed by atoms with Gasteiger partial charge in [-0.05, 0) is 84.7 Å². The van der Waals surface area contributed by atoms with Crippen molar-refractivity contribution in [2.75, 3.05) is 0 Å². The van der Waals surface area contributed by atoms with E-state index in [2.05, 4.69) is 16.9 Å². The van der Waals surface area contributed by atoms with Gasteiger partial charge in [0.2, 0.25) is 10.0 Å². The van der Waals surface area contributed by atoms with Gasteiger partial charge >= 0.3 is 4.87 Å². The van der Waals surface area contributed by atoms with Crippen LogP contribution in [0.2, 0.25) is 5.02 Å². The molecule has 1 atom stereocenters. The molecule has 4 aromatic rings. The Bertz CT molecular complexity index is 1540. The van der Waals surface area contributed by atoms with Crippen molar-refractivity contribution in [3.63, 3.8) is 0 Å². The normalized spacial score (nSPS) is 14.7. The topological polar surface area (TPSA) is 68.2 Å². The molecule has 0 amide bonds. The minimum Gasteiger partial charge on any atom is -0.294 e. The second kappa shape index (κ2) is 9.90. The number of hydrogen-bond acceptors (Lipinski definition) is 4. The fourth-order valence-electron chi connectivity index (χ4n) is 4.75. The van der Waals surface area contributed by atoms with Gasteiger partial charge in [0.05, 0.1) is 21.7 Å². The maximum atomic E-state index is 13.3. The van der Waals surface area contributed by atoms with E-state index in [4.69, 9.17) is 11.6 Å². The molecule has 3 aromatic carbocycles. The van der Waals surface area contributed by atoms with E-state index in [-0.39, 0.29) is 15.8 Å². The molecule has 0 spiro atoms. The summed E-state index contributed by atoms with van der Waals surface area (Å²) in [6.07, 6.45) is 5.18. The zero-order valence-electron chi connectivity index (χ0n) is 19.5.